The molecule has 1 saturated carbocycles. The fourth-order valence-electron chi connectivity index (χ4n) is 3.72. The summed E-state index contributed by atoms with van der Waals surface area (Å²) in [6, 6.07) is 2.04. The molecule has 3 rings (SSSR count). The minimum absolute atomic E-state index is 0.105. The fraction of sp³-hybridized carbons (Fsp3) is 0.588. The highest BCUT2D eigenvalue weighted by Crippen LogP contribution is 2.29. The van der Waals surface area contributed by atoms with Gasteiger partial charge in [0.05, 0.1) is 10.6 Å². The lowest BCUT2D eigenvalue weighted by atomic mass is 10.1. The third-order valence-electron chi connectivity index (χ3n) is 4.83. The van der Waals surface area contributed by atoms with Gasteiger partial charge in [-0.2, -0.15) is 0 Å². The number of amides is 2. The monoisotopic (exact) mass is 335 g/mol. The van der Waals surface area contributed by atoms with E-state index in [1.807, 2.05) is 4.90 Å². The van der Waals surface area contributed by atoms with Gasteiger partial charge in [0.1, 0.15) is 0 Å². The molecule has 1 saturated heterocycles. The van der Waals surface area contributed by atoms with Crippen molar-refractivity contribution >= 4 is 23.4 Å². The number of likely N-dealkylation sites (tertiary alicyclic amines) is 1. The van der Waals surface area contributed by atoms with E-state index in [9.17, 15) is 9.59 Å². The first-order valence-electron chi connectivity index (χ1n) is 8.20. The number of carbonyl (C=O) groups excluding carboxylic acids is 2. The van der Waals surface area contributed by atoms with Crippen molar-refractivity contribution < 1.29 is 9.59 Å². The Morgan fingerprint density at radius 3 is 2.83 bits per heavy atom. The minimum atomic E-state index is -0.105. The Kier molecular flexibility index (Phi) is 4.85. The lowest BCUT2D eigenvalue weighted by Crippen LogP contribution is -2.36. The molecule has 124 valence electrons. The summed E-state index contributed by atoms with van der Waals surface area (Å²) in [5.74, 6) is 0.350. The third-order valence-corrected chi connectivity index (χ3v) is 5.04. The summed E-state index contributed by atoms with van der Waals surface area (Å²) in [7, 11) is 1.77. The number of pyridine rings is 1. The van der Waals surface area contributed by atoms with E-state index in [0.717, 1.165) is 19.4 Å². The molecule has 0 spiro atoms. The van der Waals surface area contributed by atoms with Crippen molar-refractivity contribution in [1.29, 1.82) is 0 Å². The molecule has 1 aromatic rings. The lowest BCUT2D eigenvalue weighted by molar-refractivity contribution is -0.129. The first kappa shape index (κ1) is 16.2. The summed E-state index contributed by atoms with van der Waals surface area (Å²) >= 11 is 5.89. The van der Waals surface area contributed by atoms with Gasteiger partial charge >= 0.3 is 0 Å². The summed E-state index contributed by atoms with van der Waals surface area (Å²) in [5, 5.41) is 0.452. The molecule has 2 aliphatic rings. The highest BCUT2D eigenvalue weighted by molar-refractivity contribution is 6.30. The van der Waals surface area contributed by atoms with E-state index in [0.29, 0.717) is 29.6 Å². The smallest absolute Gasteiger partial charge is 0.255 e. The molecule has 1 aliphatic heterocycles. The highest BCUT2D eigenvalue weighted by Gasteiger charge is 2.36. The van der Waals surface area contributed by atoms with Gasteiger partial charge in [-0.15, -0.1) is 0 Å². The van der Waals surface area contributed by atoms with Crippen LogP contribution < -0.4 is 0 Å². The van der Waals surface area contributed by atoms with E-state index in [1.54, 1.807) is 18.0 Å². The summed E-state index contributed by atoms with van der Waals surface area (Å²) < 4.78 is 0. The van der Waals surface area contributed by atoms with Crippen LogP contribution in [0.15, 0.2) is 18.5 Å². The number of rotatable bonds is 4. The predicted octanol–water partition coefficient (Wildman–Crippen LogP) is 2.60. The Balaban J connectivity index is 1.59. The second kappa shape index (κ2) is 6.87. The van der Waals surface area contributed by atoms with Crippen LogP contribution in [0.1, 0.15) is 42.5 Å². The molecule has 1 aliphatic carbocycles. The van der Waals surface area contributed by atoms with Gasteiger partial charge in [-0.1, -0.05) is 24.4 Å². The zero-order valence-corrected chi connectivity index (χ0v) is 14.1. The van der Waals surface area contributed by atoms with E-state index < -0.39 is 0 Å². The van der Waals surface area contributed by atoms with Crippen molar-refractivity contribution in [3.05, 3.63) is 29.0 Å². The normalized spacial score (nSPS) is 21.9. The van der Waals surface area contributed by atoms with Crippen LogP contribution in [0.3, 0.4) is 0 Å². The Morgan fingerprint density at radius 2 is 2.13 bits per heavy atom. The number of carbonyl (C=O) groups is 2. The first-order valence-corrected chi connectivity index (χ1v) is 8.58. The third kappa shape index (κ3) is 3.66. The van der Waals surface area contributed by atoms with Gasteiger partial charge in [-0.3, -0.25) is 14.6 Å². The summed E-state index contributed by atoms with van der Waals surface area (Å²) in [6.45, 7) is 1.36. The summed E-state index contributed by atoms with van der Waals surface area (Å²) in [6.07, 6.45) is 8.27. The number of aromatic nitrogens is 1. The average Bonchev–Trinajstić information content (AvgIpc) is 3.16. The maximum Gasteiger partial charge on any atom is 0.255 e. The van der Waals surface area contributed by atoms with Crippen LogP contribution in [0.25, 0.3) is 0 Å². The van der Waals surface area contributed by atoms with Crippen LogP contribution in [0.5, 0.6) is 0 Å². The lowest BCUT2D eigenvalue weighted by Gasteiger charge is -2.25. The zero-order chi connectivity index (χ0) is 16.4. The molecular formula is C17H22ClN3O2. The molecule has 5 nitrogen and oxygen atoms in total. The number of hydrogen-bond donors (Lipinski definition) is 0. The maximum atomic E-state index is 12.4. The molecule has 0 radical (unpaired) electrons. The zero-order valence-electron chi connectivity index (χ0n) is 13.4. The number of hydrogen-bond acceptors (Lipinski definition) is 3. The quantitative estimate of drug-likeness (QED) is 0.849. The fourth-order valence-corrected chi connectivity index (χ4v) is 3.89. The van der Waals surface area contributed by atoms with Crippen LogP contribution in [0.2, 0.25) is 5.02 Å². The standard InChI is InChI=1S/C17H22ClN3O2/c1-20(17(23)13-7-14(18)9-19-8-13)10-12-6-16(22)21(11-12)15-4-2-3-5-15/h7-9,12,15H,2-6,10-11H2,1H3. The molecule has 2 amide bonds. The van der Waals surface area contributed by atoms with Crippen LogP contribution in [-0.2, 0) is 4.79 Å². The van der Waals surface area contributed by atoms with E-state index >= 15 is 0 Å². The van der Waals surface area contributed by atoms with Crippen molar-refractivity contribution in [1.82, 2.24) is 14.8 Å². The highest BCUT2D eigenvalue weighted by atomic mass is 35.5. The largest absolute Gasteiger partial charge is 0.341 e. The van der Waals surface area contributed by atoms with Gasteiger partial charge in [0.25, 0.3) is 5.91 Å². The minimum Gasteiger partial charge on any atom is -0.341 e. The van der Waals surface area contributed by atoms with Crippen LogP contribution >= 0.6 is 11.6 Å². The van der Waals surface area contributed by atoms with Crippen molar-refractivity contribution in [3.63, 3.8) is 0 Å². The molecule has 0 bridgehead atoms. The Hall–Kier alpha value is -1.62. The molecule has 6 heteroatoms. The molecule has 2 fully saturated rings. The molecule has 0 aromatic carbocycles. The second-order valence-electron chi connectivity index (χ2n) is 6.63. The van der Waals surface area contributed by atoms with Crippen molar-refractivity contribution in [2.75, 3.05) is 20.1 Å². The van der Waals surface area contributed by atoms with Gasteiger partial charge in [0.15, 0.2) is 0 Å². The molecular weight excluding hydrogens is 314 g/mol. The molecule has 2 heterocycles. The Bertz CT molecular complexity index is 601. The Morgan fingerprint density at radius 1 is 1.39 bits per heavy atom. The summed E-state index contributed by atoms with van der Waals surface area (Å²) in [5.41, 5.74) is 0.483. The Labute approximate surface area is 141 Å². The van der Waals surface area contributed by atoms with E-state index in [2.05, 4.69) is 4.98 Å². The molecule has 0 N–H and O–H groups in total. The van der Waals surface area contributed by atoms with Gasteiger partial charge in [0, 0.05) is 50.9 Å². The van der Waals surface area contributed by atoms with Crippen LogP contribution in [-0.4, -0.2) is 52.8 Å². The predicted molar refractivity (Wildman–Crippen MR) is 88.3 cm³/mol. The van der Waals surface area contributed by atoms with Crippen molar-refractivity contribution in [2.45, 2.75) is 38.1 Å². The maximum absolute atomic E-state index is 12.4. The molecule has 23 heavy (non-hydrogen) atoms. The SMILES string of the molecule is CN(CC1CC(=O)N(C2CCCC2)C1)C(=O)c1cncc(Cl)c1. The molecule has 1 unspecified atom stereocenters. The summed E-state index contributed by atoms with van der Waals surface area (Å²) in [4.78, 5) is 32.3. The second-order valence-corrected chi connectivity index (χ2v) is 7.07. The van der Waals surface area contributed by atoms with E-state index in [4.69, 9.17) is 11.6 Å². The van der Waals surface area contributed by atoms with E-state index in [1.165, 1.54) is 25.2 Å². The molecule has 1 aromatic heterocycles. The van der Waals surface area contributed by atoms with Gasteiger partial charge in [-0.25, -0.2) is 0 Å². The number of nitrogens with zero attached hydrogens (tertiary/aromatic N) is 3. The van der Waals surface area contributed by atoms with Gasteiger partial charge in [0.2, 0.25) is 5.91 Å². The number of halogens is 1. The van der Waals surface area contributed by atoms with Crippen LogP contribution in [0.4, 0.5) is 0 Å². The molecule has 1 atom stereocenters. The van der Waals surface area contributed by atoms with Crippen molar-refractivity contribution in [2.24, 2.45) is 5.92 Å². The van der Waals surface area contributed by atoms with Gasteiger partial charge in [-0.05, 0) is 18.9 Å². The average molecular weight is 336 g/mol. The van der Waals surface area contributed by atoms with Crippen LogP contribution in [0, 0.1) is 5.92 Å². The topological polar surface area (TPSA) is 53.5 Å². The van der Waals surface area contributed by atoms with Crippen molar-refractivity contribution in [3.8, 4) is 0 Å². The van der Waals surface area contributed by atoms with E-state index in [-0.39, 0.29) is 17.7 Å². The van der Waals surface area contributed by atoms with Gasteiger partial charge < -0.3 is 9.80 Å². The first-order chi connectivity index (χ1) is 11.0.